The van der Waals surface area contributed by atoms with Crippen LogP contribution in [0.5, 0.6) is 0 Å². The summed E-state index contributed by atoms with van der Waals surface area (Å²) in [6, 6.07) is 0. The van der Waals surface area contributed by atoms with Crippen molar-refractivity contribution in [3.05, 3.63) is 17.8 Å². The number of ether oxygens (including phenoxy) is 1. The fraction of sp³-hybridized carbons (Fsp3) is 0.750. The SMILES string of the molecule is c1nc(C2CC2)oc1CNCC1CCOC1. The Morgan fingerprint density at radius 1 is 1.38 bits per heavy atom. The van der Waals surface area contributed by atoms with Gasteiger partial charge in [-0.2, -0.15) is 0 Å². The molecule has 4 nitrogen and oxygen atoms in total. The van der Waals surface area contributed by atoms with E-state index in [1.807, 2.05) is 6.20 Å². The quantitative estimate of drug-likeness (QED) is 0.823. The first-order valence-electron chi connectivity index (χ1n) is 6.15. The highest BCUT2D eigenvalue weighted by atomic mass is 16.5. The normalized spacial score (nSPS) is 25.1. The Morgan fingerprint density at radius 2 is 2.31 bits per heavy atom. The predicted molar refractivity (Wildman–Crippen MR) is 59.1 cm³/mol. The summed E-state index contributed by atoms with van der Waals surface area (Å²) in [5.41, 5.74) is 0. The van der Waals surface area contributed by atoms with E-state index in [-0.39, 0.29) is 0 Å². The molecule has 1 aliphatic carbocycles. The van der Waals surface area contributed by atoms with E-state index in [9.17, 15) is 0 Å². The Bertz CT molecular complexity index is 341. The van der Waals surface area contributed by atoms with Gasteiger partial charge in [-0.1, -0.05) is 0 Å². The van der Waals surface area contributed by atoms with Gasteiger partial charge in [-0.05, 0) is 25.2 Å². The highest BCUT2D eigenvalue weighted by molar-refractivity contribution is 5.04. The van der Waals surface area contributed by atoms with E-state index in [1.165, 1.54) is 19.3 Å². The molecule has 1 N–H and O–H groups in total. The van der Waals surface area contributed by atoms with E-state index >= 15 is 0 Å². The summed E-state index contributed by atoms with van der Waals surface area (Å²) in [7, 11) is 0. The molecule has 2 aliphatic rings. The monoisotopic (exact) mass is 222 g/mol. The predicted octanol–water partition coefficient (Wildman–Crippen LogP) is 1.68. The smallest absolute Gasteiger partial charge is 0.197 e. The zero-order valence-corrected chi connectivity index (χ0v) is 9.45. The van der Waals surface area contributed by atoms with Crippen LogP contribution in [0.25, 0.3) is 0 Å². The van der Waals surface area contributed by atoms with E-state index in [1.54, 1.807) is 0 Å². The molecular weight excluding hydrogens is 204 g/mol. The Hall–Kier alpha value is -0.870. The van der Waals surface area contributed by atoms with Crippen LogP contribution in [0.3, 0.4) is 0 Å². The number of hydrogen-bond acceptors (Lipinski definition) is 4. The molecule has 4 heteroatoms. The molecule has 2 fully saturated rings. The third-order valence-electron chi connectivity index (χ3n) is 3.25. The molecule has 1 aliphatic heterocycles. The molecule has 1 atom stereocenters. The Balaban J connectivity index is 1.42. The van der Waals surface area contributed by atoms with Crippen LogP contribution in [0.4, 0.5) is 0 Å². The van der Waals surface area contributed by atoms with Gasteiger partial charge in [0, 0.05) is 19.1 Å². The van der Waals surface area contributed by atoms with E-state index in [0.717, 1.165) is 38.0 Å². The maximum atomic E-state index is 5.67. The van der Waals surface area contributed by atoms with Crippen LogP contribution in [0.2, 0.25) is 0 Å². The summed E-state index contributed by atoms with van der Waals surface area (Å²) in [4.78, 5) is 4.30. The maximum absolute atomic E-state index is 5.67. The van der Waals surface area contributed by atoms with E-state index in [0.29, 0.717) is 11.8 Å². The standard InChI is InChI=1S/C12H18N2O2/c1-2-10(1)12-14-7-11(16-12)6-13-5-9-3-4-15-8-9/h7,9-10,13H,1-6,8H2. The zero-order valence-electron chi connectivity index (χ0n) is 9.45. The summed E-state index contributed by atoms with van der Waals surface area (Å²) in [5.74, 6) is 3.17. The van der Waals surface area contributed by atoms with Crippen molar-refractivity contribution in [3.63, 3.8) is 0 Å². The van der Waals surface area contributed by atoms with Gasteiger partial charge in [0.2, 0.25) is 0 Å². The van der Waals surface area contributed by atoms with Crippen molar-refractivity contribution in [1.82, 2.24) is 10.3 Å². The summed E-state index contributed by atoms with van der Waals surface area (Å²) in [6.45, 7) is 3.62. The van der Waals surface area contributed by atoms with Crippen LogP contribution < -0.4 is 5.32 Å². The first kappa shape index (κ1) is 10.3. The van der Waals surface area contributed by atoms with Gasteiger partial charge in [0.15, 0.2) is 5.89 Å². The van der Waals surface area contributed by atoms with Crippen molar-refractivity contribution >= 4 is 0 Å². The van der Waals surface area contributed by atoms with Gasteiger partial charge in [-0.25, -0.2) is 4.98 Å². The van der Waals surface area contributed by atoms with Crippen molar-refractivity contribution < 1.29 is 9.15 Å². The first-order valence-corrected chi connectivity index (χ1v) is 6.15. The highest BCUT2D eigenvalue weighted by Gasteiger charge is 2.28. The second kappa shape index (κ2) is 4.55. The number of hydrogen-bond donors (Lipinski definition) is 1. The van der Waals surface area contributed by atoms with Gasteiger partial charge in [0.05, 0.1) is 19.3 Å². The van der Waals surface area contributed by atoms with E-state index < -0.39 is 0 Å². The molecule has 0 spiro atoms. The lowest BCUT2D eigenvalue weighted by Crippen LogP contribution is -2.22. The van der Waals surface area contributed by atoms with Gasteiger partial charge in [-0.15, -0.1) is 0 Å². The minimum Gasteiger partial charge on any atom is -0.444 e. The van der Waals surface area contributed by atoms with Gasteiger partial charge in [0.25, 0.3) is 0 Å². The highest BCUT2D eigenvalue weighted by Crippen LogP contribution is 2.39. The van der Waals surface area contributed by atoms with Crippen molar-refractivity contribution in [2.75, 3.05) is 19.8 Å². The largest absolute Gasteiger partial charge is 0.444 e. The molecule has 1 saturated heterocycles. The lowest BCUT2D eigenvalue weighted by atomic mass is 10.1. The lowest BCUT2D eigenvalue weighted by Gasteiger charge is -2.07. The summed E-state index contributed by atoms with van der Waals surface area (Å²) in [6.07, 6.45) is 5.52. The van der Waals surface area contributed by atoms with Crippen LogP contribution in [0.15, 0.2) is 10.6 Å². The average Bonchev–Trinajstić information content (AvgIpc) is 2.83. The number of nitrogens with one attached hydrogen (secondary N) is 1. The van der Waals surface area contributed by atoms with Crippen LogP contribution in [-0.2, 0) is 11.3 Å². The zero-order chi connectivity index (χ0) is 10.8. The fourth-order valence-corrected chi connectivity index (χ4v) is 2.07. The molecule has 2 heterocycles. The van der Waals surface area contributed by atoms with Gasteiger partial charge >= 0.3 is 0 Å². The number of aromatic nitrogens is 1. The summed E-state index contributed by atoms with van der Waals surface area (Å²) < 4.78 is 11.0. The second-order valence-corrected chi connectivity index (χ2v) is 4.80. The third-order valence-corrected chi connectivity index (χ3v) is 3.25. The van der Waals surface area contributed by atoms with E-state index in [4.69, 9.17) is 9.15 Å². The summed E-state index contributed by atoms with van der Waals surface area (Å²) in [5, 5.41) is 3.40. The Labute approximate surface area is 95.4 Å². The number of oxazole rings is 1. The minimum absolute atomic E-state index is 0.608. The molecule has 3 rings (SSSR count). The molecule has 0 radical (unpaired) electrons. The molecule has 1 saturated carbocycles. The number of nitrogens with zero attached hydrogens (tertiary/aromatic N) is 1. The van der Waals surface area contributed by atoms with Crippen LogP contribution >= 0.6 is 0 Å². The fourth-order valence-electron chi connectivity index (χ4n) is 2.07. The van der Waals surface area contributed by atoms with Crippen LogP contribution in [0, 0.1) is 5.92 Å². The average molecular weight is 222 g/mol. The van der Waals surface area contributed by atoms with Crippen molar-refractivity contribution in [2.24, 2.45) is 5.92 Å². The number of rotatable bonds is 5. The van der Waals surface area contributed by atoms with E-state index in [2.05, 4.69) is 10.3 Å². The topological polar surface area (TPSA) is 47.3 Å². The molecule has 1 unspecified atom stereocenters. The molecule has 0 aromatic carbocycles. The van der Waals surface area contributed by atoms with Crippen LogP contribution in [0.1, 0.15) is 36.8 Å². The lowest BCUT2D eigenvalue weighted by molar-refractivity contribution is 0.185. The molecule has 88 valence electrons. The first-order chi connectivity index (χ1) is 7.92. The third kappa shape index (κ3) is 2.44. The Kier molecular flexibility index (Phi) is 2.93. The van der Waals surface area contributed by atoms with Crippen molar-refractivity contribution in [1.29, 1.82) is 0 Å². The molecule has 1 aromatic rings. The van der Waals surface area contributed by atoms with Crippen molar-refractivity contribution in [2.45, 2.75) is 31.7 Å². The van der Waals surface area contributed by atoms with Gasteiger partial charge in [-0.3, -0.25) is 0 Å². The second-order valence-electron chi connectivity index (χ2n) is 4.80. The molecule has 0 amide bonds. The maximum Gasteiger partial charge on any atom is 0.197 e. The molecular formula is C12H18N2O2. The Morgan fingerprint density at radius 3 is 3.06 bits per heavy atom. The van der Waals surface area contributed by atoms with Gasteiger partial charge < -0.3 is 14.5 Å². The van der Waals surface area contributed by atoms with Gasteiger partial charge in [0.1, 0.15) is 5.76 Å². The van der Waals surface area contributed by atoms with Crippen molar-refractivity contribution in [3.8, 4) is 0 Å². The molecule has 1 aromatic heterocycles. The molecule has 0 bridgehead atoms. The van der Waals surface area contributed by atoms with Crippen LogP contribution in [-0.4, -0.2) is 24.7 Å². The molecule has 16 heavy (non-hydrogen) atoms. The summed E-state index contributed by atoms with van der Waals surface area (Å²) >= 11 is 0. The minimum atomic E-state index is 0.608.